The van der Waals surface area contributed by atoms with Crippen LogP contribution in [0.15, 0.2) is 23.8 Å². The molecule has 0 saturated carbocycles. The van der Waals surface area contributed by atoms with Gasteiger partial charge in [-0.1, -0.05) is 0 Å². The van der Waals surface area contributed by atoms with Crippen molar-refractivity contribution in [1.29, 1.82) is 0 Å². The molecule has 1 heterocycles. The van der Waals surface area contributed by atoms with Crippen molar-refractivity contribution in [3.05, 3.63) is 23.8 Å². The Balaban J connectivity index is 2.34. The molecule has 0 aromatic carbocycles. The number of Topliss-reactive ketones (excluding diaryl/α,β-unsaturated/α-hetero) is 2. The highest BCUT2D eigenvalue weighted by atomic mass is 16.1. The minimum atomic E-state index is -0.127. The monoisotopic (exact) mass is 164 g/mol. The van der Waals surface area contributed by atoms with Gasteiger partial charge < -0.3 is 10.6 Å². The minimum absolute atomic E-state index is 0.0247. The van der Waals surface area contributed by atoms with Gasteiger partial charge in [0.2, 0.25) is 0 Å². The molecule has 4 heteroatoms. The lowest BCUT2D eigenvalue weighted by atomic mass is 9.98. The summed E-state index contributed by atoms with van der Waals surface area (Å²) in [7, 11) is 0. The maximum atomic E-state index is 11.2. The van der Waals surface area contributed by atoms with Crippen LogP contribution in [0.25, 0.3) is 0 Å². The Morgan fingerprint density at radius 1 is 1.08 bits per heavy atom. The molecule has 0 spiro atoms. The molecule has 0 amide bonds. The van der Waals surface area contributed by atoms with E-state index >= 15 is 0 Å². The Morgan fingerprint density at radius 2 is 1.83 bits per heavy atom. The molecule has 2 N–H and O–H groups in total. The molecule has 0 aromatic rings. The number of ketones is 2. The van der Waals surface area contributed by atoms with Crippen LogP contribution in [-0.4, -0.2) is 11.6 Å². The molecule has 2 aliphatic rings. The Labute approximate surface area is 69.3 Å². The van der Waals surface area contributed by atoms with Crippen LogP contribution in [0.2, 0.25) is 0 Å². The van der Waals surface area contributed by atoms with Gasteiger partial charge in [-0.05, 0) is 0 Å². The van der Waals surface area contributed by atoms with E-state index in [1.165, 1.54) is 0 Å². The number of nitrogens with one attached hydrogen (secondary N) is 2. The van der Waals surface area contributed by atoms with Gasteiger partial charge in [0, 0.05) is 24.5 Å². The summed E-state index contributed by atoms with van der Waals surface area (Å²) in [4.78, 5) is 22.2. The number of allylic oxidation sites excluding steroid dienone is 2. The fraction of sp³-hybridized carbons (Fsp3) is 0.250. The zero-order valence-electron chi connectivity index (χ0n) is 6.39. The van der Waals surface area contributed by atoms with Gasteiger partial charge in [-0.2, -0.15) is 0 Å². The van der Waals surface area contributed by atoms with Crippen molar-refractivity contribution in [1.82, 2.24) is 10.6 Å². The molecule has 12 heavy (non-hydrogen) atoms. The van der Waals surface area contributed by atoms with E-state index in [2.05, 4.69) is 10.6 Å². The second-order valence-corrected chi connectivity index (χ2v) is 2.79. The van der Waals surface area contributed by atoms with Crippen LogP contribution in [0.1, 0.15) is 12.8 Å². The van der Waals surface area contributed by atoms with E-state index in [1.807, 2.05) is 0 Å². The molecular weight excluding hydrogens is 156 g/mol. The highest BCUT2D eigenvalue weighted by Crippen LogP contribution is 2.17. The molecule has 0 unspecified atom stereocenters. The summed E-state index contributed by atoms with van der Waals surface area (Å²) in [6.45, 7) is 0. The molecule has 62 valence electrons. The lowest BCUT2D eigenvalue weighted by molar-refractivity contribution is -0.126. The molecule has 0 aromatic heterocycles. The predicted octanol–water partition coefficient (Wildman–Crippen LogP) is -0.206. The smallest absolute Gasteiger partial charge is 0.188 e. The van der Waals surface area contributed by atoms with E-state index in [0.717, 1.165) is 0 Å². The summed E-state index contributed by atoms with van der Waals surface area (Å²) in [5, 5.41) is 5.70. The first-order chi connectivity index (χ1) is 5.77. The first kappa shape index (κ1) is 7.09. The largest absolute Gasteiger partial charge is 0.362 e. The number of hydrogen-bond donors (Lipinski definition) is 2. The standard InChI is InChI=1S/C8H8N2O2/c11-5-3-6-8(7(12)4-5)10-2-1-9-6/h1-2,9-10H,3-4H2. The lowest BCUT2D eigenvalue weighted by Gasteiger charge is -2.21. The Hall–Kier alpha value is -1.58. The van der Waals surface area contributed by atoms with E-state index in [-0.39, 0.29) is 18.0 Å². The van der Waals surface area contributed by atoms with Gasteiger partial charge in [0.1, 0.15) is 11.5 Å². The lowest BCUT2D eigenvalue weighted by Crippen LogP contribution is -2.33. The third-order valence-electron chi connectivity index (χ3n) is 1.88. The van der Waals surface area contributed by atoms with Gasteiger partial charge >= 0.3 is 0 Å². The van der Waals surface area contributed by atoms with Crippen LogP contribution < -0.4 is 10.6 Å². The maximum absolute atomic E-state index is 11.2. The van der Waals surface area contributed by atoms with Gasteiger partial charge in [0.05, 0.1) is 6.42 Å². The fourth-order valence-corrected chi connectivity index (χ4v) is 1.34. The van der Waals surface area contributed by atoms with Crippen LogP contribution in [-0.2, 0) is 9.59 Å². The maximum Gasteiger partial charge on any atom is 0.188 e. The highest BCUT2D eigenvalue weighted by Gasteiger charge is 2.25. The third kappa shape index (κ3) is 1.01. The van der Waals surface area contributed by atoms with Gasteiger partial charge in [0.25, 0.3) is 0 Å². The van der Waals surface area contributed by atoms with Crippen molar-refractivity contribution < 1.29 is 9.59 Å². The summed E-state index contributed by atoms with van der Waals surface area (Å²) in [5.74, 6) is -0.151. The van der Waals surface area contributed by atoms with Crippen molar-refractivity contribution in [2.24, 2.45) is 0 Å². The molecular formula is C8H8N2O2. The summed E-state index contributed by atoms with van der Waals surface area (Å²) < 4.78 is 0. The molecule has 0 fully saturated rings. The quantitative estimate of drug-likeness (QED) is 0.486. The van der Waals surface area contributed by atoms with Crippen molar-refractivity contribution >= 4 is 11.6 Å². The van der Waals surface area contributed by atoms with Gasteiger partial charge in [-0.25, -0.2) is 0 Å². The fourth-order valence-electron chi connectivity index (χ4n) is 1.34. The Kier molecular flexibility index (Phi) is 1.46. The molecule has 0 bridgehead atoms. The molecule has 1 aliphatic heterocycles. The number of carbonyl (C=O) groups excluding carboxylic acids is 2. The first-order valence-electron chi connectivity index (χ1n) is 3.73. The van der Waals surface area contributed by atoms with Crippen LogP contribution in [0.4, 0.5) is 0 Å². The zero-order valence-corrected chi connectivity index (χ0v) is 6.39. The SMILES string of the molecule is O=C1CC(=O)C2=C(C1)NC=CN2. The van der Waals surface area contributed by atoms with Crippen molar-refractivity contribution in [3.8, 4) is 0 Å². The Bertz CT molecular complexity index is 315. The third-order valence-corrected chi connectivity index (χ3v) is 1.88. The topological polar surface area (TPSA) is 58.2 Å². The van der Waals surface area contributed by atoms with Crippen molar-refractivity contribution in [3.63, 3.8) is 0 Å². The second-order valence-electron chi connectivity index (χ2n) is 2.79. The van der Waals surface area contributed by atoms with Crippen LogP contribution >= 0.6 is 0 Å². The average molecular weight is 164 g/mol. The van der Waals surface area contributed by atoms with E-state index < -0.39 is 0 Å². The zero-order chi connectivity index (χ0) is 8.55. The van der Waals surface area contributed by atoms with E-state index in [0.29, 0.717) is 17.8 Å². The summed E-state index contributed by atoms with van der Waals surface area (Å²) in [5.41, 5.74) is 1.23. The van der Waals surface area contributed by atoms with Crippen LogP contribution in [0, 0.1) is 0 Å². The number of carbonyl (C=O) groups is 2. The van der Waals surface area contributed by atoms with Gasteiger partial charge in [0.15, 0.2) is 5.78 Å². The van der Waals surface area contributed by atoms with Crippen LogP contribution in [0.5, 0.6) is 0 Å². The predicted molar refractivity (Wildman–Crippen MR) is 41.7 cm³/mol. The molecule has 2 rings (SSSR count). The first-order valence-corrected chi connectivity index (χ1v) is 3.73. The minimum Gasteiger partial charge on any atom is -0.362 e. The second kappa shape index (κ2) is 2.48. The van der Waals surface area contributed by atoms with Gasteiger partial charge in [-0.3, -0.25) is 9.59 Å². The number of hydrogen-bond acceptors (Lipinski definition) is 4. The van der Waals surface area contributed by atoms with Gasteiger partial charge in [-0.15, -0.1) is 0 Å². The van der Waals surface area contributed by atoms with Crippen molar-refractivity contribution in [2.45, 2.75) is 12.8 Å². The summed E-state index contributed by atoms with van der Waals surface area (Å²) in [6.07, 6.45) is 3.68. The Morgan fingerprint density at radius 3 is 2.67 bits per heavy atom. The molecule has 0 radical (unpaired) electrons. The summed E-state index contributed by atoms with van der Waals surface area (Å²) >= 11 is 0. The molecule has 0 saturated heterocycles. The normalized spacial score (nSPS) is 21.7. The van der Waals surface area contributed by atoms with Crippen molar-refractivity contribution in [2.75, 3.05) is 0 Å². The number of rotatable bonds is 0. The molecule has 0 atom stereocenters. The van der Waals surface area contributed by atoms with Crippen LogP contribution in [0.3, 0.4) is 0 Å². The van der Waals surface area contributed by atoms with E-state index in [4.69, 9.17) is 0 Å². The molecule has 4 nitrogen and oxygen atoms in total. The highest BCUT2D eigenvalue weighted by molar-refractivity contribution is 6.11. The summed E-state index contributed by atoms with van der Waals surface area (Å²) in [6, 6.07) is 0. The van der Waals surface area contributed by atoms with E-state index in [9.17, 15) is 9.59 Å². The molecule has 1 aliphatic carbocycles. The van der Waals surface area contributed by atoms with E-state index in [1.54, 1.807) is 12.4 Å². The average Bonchev–Trinajstić information content (AvgIpc) is 2.04.